The molecule has 1 aliphatic carbocycles. The van der Waals surface area contributed by atoms with Crippen molar-refractivity contribution in [2.24, 2.45) is 0 Å². The molecule has 5 heteroatoms. The molecular weight excluding hydrogens is 272 g/mol. The van der Waals surface area contributed by atoms with Crippen LogP contribution in [0.1, 0.15) is 36.4 Å². The van der Waals surface area contributed by atoms with Gasteiger partial charge in [-0.05, 0) is 57.5 Å². The molecule has 0 amide bonds. The summed E-state index contributed by atoms with van der Waals surface area (Å²) in [6.07, 6.45) is 3.65. The molecule has 2 rings (SSSR count). The van der Waals surface area contributed by atoms with Crippen LogP contribution >= 0.6 is 0 Å². The summed E-state index contributed by atoms with van der Waals surface area (Å²) in [5.74, 6) is 0.198. The van der Waals surface area contributed by atoms with Crippen LogP contribution in [0.2, 0.25) is 0 Å². The van der Waals surface area contributed by atoms with Crippen molar-refractivity contribution in [1.29, 1.82) is 0 Å². The van der Waals surface area contributed by atoms with Crippen LogP contribution in [0.5, 0.6) is 0 Å². The predicted molar refractivity (Wildman–Crippen MR) is 82.2 cm³/mol. The predicted octanol–water partition coefficient (Wildman–Crippen LogP) is 1.94. The Morgan fingerprint density at radius 2 is 2.05 bits per heavy atom. The molecule has 0 aromatic heterocycles. The molecule has 1 aliphatic rings. The van der Waals surface area contributed by atoms with E-state index in [1.54, 1.807) is 0 Å². The lowest BCUT2D eigenvalue weighted by Gasteiger charge is -2.26. The second-order valence-corrected chi connectivity index (χ2v) is 7.61. The second kappa shape index (κ2) is 6.70. The van der Waals surface area contributed by atoms with Gasteiger partial charge in [0.2, 0.25) is 10.0 Å². The summed E-state index contributed by atoms with van der Waals surface area (Å²) in [4.78, 5) is 2.01. The molecule has 0 saturated carbocycles. The van der Waals surface area contributed by atoms with Crippen LogP contribution in [0.25, 0.3) is 0 Å². The van der Waals surface area contributed by atoms with Crippen LogP contribution in [0.3, 0.4) is 0 Å². The fraction of sp³-hybridized carbons (Fsp3) is 0.600. The first-order valence-corrected chi connectivity index (χ1v) is 8.86. The minimum atomic E-state index is -3.20. The maximum Gasteiger partial charge on any atom is 0.212 e. The van der Waals surface area contributed by atoms with Crippen molar-refractivity contribution in [3.05, 3.63) is 35.4 Å². The standard InChI is InChI=1S/C15H24N2O2S/c1-17(2)11-6-12-20(18,19)16-15-10-5-8-13-7-3-4-9-14(13)15/h3-4,7,9,15-16H,5-6,8,10-12H2,1-2H3/t15-/m0/s1. The lowest BCUT2D eigenvalue weighted by molar-refractivity contribution is 0.407. The summed E-state index contributed by atoms with van der Waals surface area (Å²) in [7, 11) is 0.715. The SMILES string of the molecule is CN(C)CCCS(=O)(=O)N[C@H]1CCCc2ccccc21. The fourth-order valence-corrected chi connectivity index (χ4v) is 4.03. The first kappa shape index (κ1) is 15.5. The largest absolute Gasteiger partial charge is 0.309 e. The van der Waals surface area contributed by atoms with Crippen LogP contribution in [0.15, 0.2) is 24.3 Å². The third-order valence-electron chi connectivity index (χ3n) is 3.71. The van der Waals surface area contributed by atoms with E-state index in [1.165, 1.54) is 5.56 Å². The maximum absolute atomic E-state index is 12.2. The van der Waals surface area contributed by atoms with Crippen LogP contribution in [0.4, 0.5) is 0 Å². The summed E-state index contributed by atoms with van der Waals surface area (Å²) in [5.41, 5.74) is 2.43. The van der Waals surface area contributed by atoms with Crippen LogP contribution in [-0.2, 0) is 16.4 Å². The average molecular weight is 296 g/mol. The van der Waals surface area contributed by atoms with Gasteiger partial charge in [0, 0.05) is 6.04 Å². The number of nitrogens with zero attached hydrogens (tertiary/aromatic N) is 1. The number of rotatable bonds is 6. The number of nitrogens with one attached hydrogen (secondary N) is 1. The monoisotopic (exact) mass is 296 g/mol. The van der Waals surface area contributed by atoms with E-state index in [0.29, 0.717) is 6.42 Å². The Labute approximate surface area is 122 Å². The lowest BCUT2D eigenvalue weighted by atomic mass is 9.88. The van der Waals surface area contributed by atoms with Gasteiger partial charge in [-0.3, -0.25) is 0 Å². The molecule has 0 spiro atoms. The molecule has 0 saturated heterocycles. The van der Waals surface area contributed by atoms with E-state index < -0.39 is 10.0 Å². The third-order valence-corrected chi connectivity index (χ3v) is 5.18. The second-order valence-electron chi connectivity index (χ2n) is 5.74. The molecular formula is C15H24N2O2S. The molecule has 0 heterocycles. The number of hydrogen-bond donors (Lipinski definition) is 1. The van der Waals surface area contributed by atoms with Crippen LogP contribution < -0.4 is 4.72 Å². The quantitative estimate of drug-likeness (QED) is 0.873. The van der Waals surface area contributed by atoms with Crippen molar-refractivity contribution < 1.29 is 8.42 Å². The van der Waals surface area contributed by atoms with Gasteiger partial charge >= 0.3 is 0 Å². The first-order valence-electron chi connectivity index (χ1n) is 7.20. The highest BCUT2D eigenvalue weighted by molar-refractivity contribution is 7.89. The van der Waals surface area contributed by atoms with Crippen molar-refractivity contribution >= 4 is 10.0 Å². The smallest absolute Gasteiger partial charge is 0.212 e. The van der Waals surface area contributed by atoms with Crippen LogP contribution in [-0.4, -0.2) is 39.7 Å². The molecule has 1 aromatic rings. The molecule has 0 fully saturated rings. The first-order chi connectivity index (χ1) is 9.48. The van der Waals surface area contributed by atoms with Crippen molar-refractivity contribution in [3.8, 4) is 0 Å². The summed E-state index contributed by atoms with van der Waals surface area (Å²) in [5, 5.41) is 0. The minimum Gasteiger partial charge on any atom is -0.309 e. The molecule has 112 valence electrons. The average Bonchev–Trinajstić information content (AvgIpc) is 2.38. The molecule has 4 nitrogen and oxygen atoms in total. The molecule has 0 radical (unpaired) electrons. The van der Waals surface area contributed by atoms with Crippen LogP contribution in [0, 0.1) is 0 Å². The number of aryl methyl sites for hydroxylation is 1. The van der Waals surface area contributed by atoms with E-state index >= 15 is 0 Å². The van der Waals surface area contributed by atoms with E-state index in [9.17, 15) is 8.42 Å². The van der Waals surface area contributed by atoms with Gasteiger partial charge in [-0.1, -0.05) is 24.3 Å². The van der Waals surface area contributed by atoms with Crippen molar-refractivity contribution in [2.75, 3.05) is 26.4 Å². The molecule has 0 unspecified atom stereocenters. The number of hydrogen-bond acceptors (Lipinski definition) is 3. The Bertz CT molecular complexity index is 541. The van der Waals surface area contributed by atoms with Gasteiger partial charge in [-0.15, -0.1) is 0 Å². The fourth-order valence-electron chi connectivity index (χ4n) is 2.72. The highest BCUT2D eigenvalue weighted by atomic mass is 32.2. The van der Waals surface area contributed by atoms with Gasteiger partial charge in [0.05, 0.1) is 5.75 Å². The normalized spacial score (nSPS) is 19.1. The topological polar surface area (TPSA) is 49.4 Å². The van der Waals surface area contributed by atoms with E-state index in [4.69, 9.17) is 0 Å². The zero-order valence-corrected chi connectivity index (χ0v) is 13.1. The Morgan fingerprint density at radius 3 is 2.80 bits per heavy atom. The highest BCUT2D eigenvalue weighted by Gasteiger charge is 2.24. The van der Waals surface area contributed by atoms with Gasteiger partial charge in [0.25, 0.3) is 0 Å². The Hall–Kier alpha value is -0.910. The van der Waals surface area contributed by atoms with Gasteiger partial charge < -0.3 is 4.90 Å². The van der Waals surface area contributed by atoms with Gasteiger partial charge in [-0.25, -0.2) is 13.1 Å². The Kier molecular flexibility index (Phi) is 5.18. The molecule has 1 atom stereocenters. The van der Waals surface area contributed by atoms with Gasteiger partial charge in [0.15, 0.2) is 0 Å². The van der Waals surface area contributed by atoms with E-state index in [0.717, 1.165) is 31.4 Å². The highest BCUT2D eigenvalue weighted by Crippen LogP contribution is 2.29. The number of fused-ring (bicyclic) bond motifs is 1. The van der Waals surface area contributed by atoms with Crippen molar-refractivity contribution in [1.82, 2.24) is 9.62 Å². The van der Waals surface area contributed by atoms with Crippen molar-refractivity contribution in [3.63, 3.8) is 0 Å². The molecule has 0 aliphatic heterocycles. The zero-order chi connectivity index (χ0) is 14.6. The summed E-state index contributed by atoms with van der Waals surface area (Å²) in [6, 6.07) is 8.09. The Balaban J connectivity index is 2.00. The summed E-state index contributed by atoms with van der Waals surface area (Å²) >= 11 is 0. The molecule has 1 N–H and O–H groups in total. The molecule has 20 heavy (non-hydrogen) atoms. The van der Waals surface area contributed by atoms with E-state index in [2.05, 4.69) is 10.8 Å². The zero-order valence-electron chi connectivity index (χ0n) is 12.3. The van der Waals surface area contributed by atoms with Gasteiger partial charge in [0.1, 0.15) is 0 Å². The van der Waals surface area contributed by atoms with E-state index in [1.807, 2.05) is 37.2 Å². The molecule has 0 bridgehead atoms. The number of benzene rings is 1. The maximum atomic E-state index is 12.2. The van der Waals surface area contributed by atoms with Crippen molar-refractivity contribution in [2.45, 2.75) is 31.7 Å². The third kappa shape index (κ3) is 4.30. The minimum absolute atomic E-state index is 0.0516. The summed E-state index contributed by atoms with van der Waals surface area (Å²) < 4.78 is 27.2. The van der Waals surface area contributed by atoms with E-state index in [-0.39, 0.29) is 11.8 Å². The molecule has 1 aromatic carbocycles. The lowest BCUT2D eigenvalue weighted by Crippen LogP contribution is -2.33. The number of sulfonamides is 1. The Morgan fingerprint density at radius 1 is 1.30 bits per heavy atom. The van der Waals surface area contributed by atoms with Gasteiger partial charge in [-0.2, -0.15) is 0 Å². The summed E-state index contributed by atoms with van der Waals surface area (Å²) in [6.45, 7) is 0.794.